The molecule has 5 heteroatoms. The molecule has 0 saturated carbocycles. The lowest BCUT2D eigenvalue weighted by atomic mass is 10.2. The van der Waals surface area contributed by atoms with Crippen molar-refractivity contribution >= 4 is 61.6 Å². The topological polar surface area (TPSA) is 24.9 Å². The first-order chi connectivity index (χ1) is 8.06. The van der Waals surface area contributed by atoms with E-state index >= 15 is 0 Å². The zero-order valence-electron chi connectivity index (χ0n) is 8.97. The van der Waals surface area contributed by atoms with E-state index in [0.717, 1.165) is 30.1 Å². The Bertz CT molecular complexity index is 511. The summed E-state index contributed by atoms with van der Waals surface area (Å²) in [5.74, 6) is 0.855. The Hall–Kier alpha value is -0.330. The predicted octanol–water partition coefficient (Wildman–Crippen LogP) is 5.15. The minimum Gasteiger partial charge on any atom is -0.339 e. The molecule has 0 spiro atoms. The molecule has 0 aliphatic heterocycles. The van der Waals surface area contributed by atoms with Crippen LogP contribution in [0.1, 0.15) is 5.56 Å². The SMILES string of the molecule is Cc1cc(Br)cnc1Nc1ccc(Cl)cc1I. The average Bonchev–Trinajstić information content (AvgIpc) is 2.25. The molecule has 1 heterocycles. The zero-order valence-corrected chi connectivity index (χ0v) is 13.5. The third-order valence-electron chi connectivity index (χ3n) is 2.23. The number of rotatable bonds is 2. The molecule has 0 saturated heterocycles. The van der Waals surface area contributed by atoms with Gasteiger partial charge in [-0.25, -0.2) is 4.98 Å². The van der Waals surface area contributed by atoms with Crippen molar-refractivity contribution in [2.24, 2.45) is 0 Å². The summed E-state index contributed by atoms with van der Waals surface area (Å²) < 4.78 is 2.05. The number of nitrogens with zero attached hydrogens (tertiary/aromatic N) is 1. The Kier molecular flexibility index (Phi) is 4.27. The van der Waals surface area contributed by atoms with E-state index in [1.165, 1.54) is 0 Å². The number of nitrogens with one attached hydrogen (secondary N) is 1. The van der Waals surface area contributed by atoms with Crippen LogP contribution in [-0.4, -0.2) is 4.98 Å². The Morgan fingerprint density at radius 3 is 2.76 bits per heavy atom. The van der Waals surface area contributed by atoms with E-state index in [1.807, 2.05) is 31.2 Å². The molecule has 1 N–H and O–H groups in total. The Labute approximate surface area is 127 Å². The summed E-state index contributed by atoms with van der Waals surface area (Å²) in [6.45, 7) is 2.02. The molecule has 2 aromatic rings. The van der Waals surface area contributed by atoms with Crippen LogP contribution in [0, 0.1) is 10.5 Å². The van der Waals surface area contributed by atoms with E-state index in [0.29, 0.717) is 0 Å². The molecule has 0 aliphatic carbocycles. The summed E-state index contributed by atoms with van der Waals surface area (Å²) in [5.41, 5.74) is 2.10. The van der Waals surface area contributed by atoms with Gasteiger partial charge in [0.05, 0.1) is 5.69 Å². The average molecular weight is 423 g/mol. The second-order valence-corrected chi connectivity index (χ2v) is 6.08. The fourth-order valence-electron chi connectivity index (χ4n) is 1.39. The van der Waals surface area contributed by atoms with E-state index in [1.54, 1.807) is 6.20 Å². The van der Waals surface area contributed by atoms with Gasteiger partial charge in [0.15, 0.2) is 0 Å². The van der Waals surface area contributed by atoms with Crippen molar-refractivity contribution in [3.05, 3.63) is 49.1 Å². The quantitative estimate of drug-likeness (QED) is 0.676. The van der Waals surface area contributed by atoms with Gasteiger partial charge in [-0.3, -0.25) is 0 Å². The number of benzene rings is 1. The van der Waals surface area contributed by atoms with Gasteiger partial charge in [0.2, 0.25) is 0 Å². The van der Waals surface area contributed by atoms with Gasteiger partial charge >= 0.3 is 0 Å². The van der Waals surface area contributed by atoms with E-state index in [-0.39, 0.29) is 0 Å². The highest BCUT2D eigenvalue weighted by Gasteiger charge is 2.04. The molecule has 0 unspecified atom stereocenters. The highest BCUT2D eigenvalue weighted by atomic mass is 127. The summed E-state index contributed by atoms with van der Waals surface area (Å²) in [5, 5.41) is 4.03. The number of halogens is 3. The number of anilines is 2. The number of aryl methyl sites for hydroxylation is 1. The molecule has 0 amide bonds. The van der Waals surface area contributed by atoms with Gasteiger partial charge in [0.1, 0.15) is 5.82 Å². The molecule has 1 aromatic heterocycles. The summed E-state index contributed by atoms with van der Waals surface area (Å²) >= 11 is 11.6. The smallest absolute Gasteiger partial charge is 0.133 e. The normalized spacial score (nSPS) is 10.4. The Morgan fingerprint density at radius 1 is 1.35 bits per heavy atom. The first-order valence-electron chi connectivity index (χ1n) is 4.90. The molecule has 0 atom stereocenters. The van der Waals surface area contributed by atoms with E-state index < -0.39 is 0 Å². The highest BCUT2D eigenvalue weighted by molar-refractivity contribution is 14.1. The number of pyridine rings is 1. The maximum atomic E-state index is 5.92. The van der Waals surface area contributed by atoms with Crippen LogP contribution in [0.4, 0.5) is 11.5 Å². The standard InChI is InChI=1S/C12H9BrClIN2/c1-7-4-8(13)6-16-12(7)17-11-3-2-9(14)5-10(11)15/h2-6H,1H3,(H,16,17). The molecule has 2 nitrogen and oxygen atoms in total. The van der Waals surface area contributed by atoms with Crippen LogP contribution in [0.5, 0.6) is 0 Å². The molecule has 2 rings (SSSR count). The van der Waals surface area contributed by atoms with Crippen LogP contribution in [-0.2, 0) is 0 Å². The van der Waals surface area contributed by atoms with Gasteiger partial charge in [0, 0.05) is 19.3 Å². The first-order valence-corrected chi connectivity index (χ1v) is 7.15. The second kappa shape index (κ2) is 5.54. The van der Waals surface area contributed by atoms with E-state index in [2.05, 4.69) is 48.8 Å². The molecular formula is C12H9BrClIN2. The van der Waals surface area contributed by atoms with Crippen LogP contribution in [0.3, 0.4) is 0 Å². The molecular weight excluding hydrogens is 414 g/mol. The van der Waals surface area contributed by atoms with Crippen LogP contribution < -0.4 is 5.32 Å². The molecule has 0 bridgehead atoms. The highest BCUT2D eigenvalue weighted by Crippen LogP contribution is 2.26. The fraction of sp³-hybridized carbons (Fsp3) is 0.0833. The summed E-state index contributed by atoms with van der Waals surface area (Å²) in [4.78, 5) is 4.34. The number of hydrogen-bond donors (Lipinski definition) is 1. The van der Waals surface area contributed by atoms with Gasteiger partial charge < -0.3 is 5.32 Å². The molecule has 88 valence electrons. The van der Waals surface area contributed by atoms with Crippen LogP contribution in [0.25, 0.3) is 0 Å². The van der Waals surface area contributed by atoms with Gasteiger partial charge in [-0.2, -0.15) is 0 Å². The van der Waals surface area contributed by atoms with Gasteiger partial charge in [-0.15, -0.1) is 0 Å². The maximum Gasteiger partial charge on any atom is 0.133 e. The van der Waals surface area contributed by atoms with Crippen molar-refractivity contribution in [1.29, 1.82) is 0 Å². The van der Waals surface area contributed by atoms with Crippen molar-refractivity contribution in [3.8, 4) is 0 Å². The lowest BCUT2D eigenvalue weighted by Crippen LogP contribution is -1.97. The fourth-order valence-corrected chi connectivity index (χ4v) is 2.84. The van der Waals surface area contributed by atoms with Crippen molar-refractivity contribution < 1.29 is 0 Å². The van der Waals surface area contributed by atoms with Gasteiger partial charge in [-0.05, 0) is 75.3 Å². The lowest BCUT2D eigenvalue weighted by molar-refractivity contribution is 1.24. The third kappa shape index (κ3) is 3.33. The van der Waals surface area contributed by atoms with Gasteiger partial charge in [-0.1, -0.05) is 11.6 Å². The van der Waals surface area contributed by atoms with E-state index in [9.17, 15) is 0 Å². The van der Waals surface area contributed by atoms with Gasteiger partial charge in [0.25, 0.3) is 0 Å². The van der Waals surface area contributed by atoms with Crippen LogP contribution in [0.2, 0.25) is 5.02 Å². The van der Waals surface area contributed by atoms with Crippen molar-refractivity contribution in [3.63, 3.8) is 0 Å². The molecule has 17 heavy (non-hydrogen) atoms. The summed E-state index contributed by atoms with van der Waals surface area (Å²) in [7, 11) is 0. The third-order valence-corrected chi connectivity index (χ3v) is 3.79. The number of aromatic nitrogens is 1. The number of hydrogen-bond acceptors (Lipinski definition) is 2. The minimum absolute atomic E-state index is 0.737. The van der Waals surface area contributed by atoms with Crippen molar-refractivity contribution in [2.45, 2.75) is 6.92 Å². The second-order valence-electron chi connectivity index (χ2n) is 3.57. The molecule has 0 fully saturated rings. The maximum absolute atomic E-state index is 5.92. The van der Waals surface area contributed by atoms with Crippen molar-refractivity contribution in [2.75, 3.05) is 5.32 Å². The summed E-state index contributed by atoms with van der Waals surface area (Å²) in [6.07, 6.45) is 1.78. The molecule has 0 radical (unpaired) electrons. The molecule has 0 aliphatic rings. The van der Waals surface area contributed by atoms with Crippen LogP contribution >= 0.6 is 50.1 Å². The Morgan fingerprint density at radius 2 is 2.12 bits per heavy atom. The van der Waals surface area contributed by atoms with Crippen molar-refractivity contribution in [1.82, 2.24) is 4.98 Å². The zero-order chi connectivity index (χ0) is 12.4. The first kappa shape index (κ1) is 13.1. The lowest BCUT2D eigenvalue weighted by Gasteiger charge is -2.10. The Balaban J connectivity index is 2.31. The molecule has 1 aromatic carbocycles. The van der Waals surface area contributed by atoms with Crippen LogP contribution in [0.15, 0.2) is 34.9 Å². The van der Waals surface area contributed by atoms with E-state index in [4.69, 9.17) is 11.6 Å². The predicted molar refractivity (Wildman–Crippen MR) is 84.1 cm³/mol. The minimum atomic E-state index is 0.737. The monoisotopic (exact) mass is 422 g/mol. The summed E-state index contributed by atoms with van der Waals surface area (Å²) in [6, 6.07) is 7.75. The largest absolute Gasteiger partial charge is 0.339 e.